The van der Waals surface area contributed by atoms with Crippen LogP contribution in [0.15, 0.2) is 27.8 Å². The number of hydrogen-bond donors (Lipinski definition) is 2. The van der Waals surface area contributed by atoms with E-state index in [1.807, 2.05) is 19.1 Å². The van der Waals surface area contributed by atoms with Gasteiger partial charge >= 0.3 is 0 Å². The molecule has 2 N–H and O–H groups in total. The minimum absolute atomic E-state index is 0.585. The molecule has 1 aromatic rings. The molecule has 148 valence electrons. The summed E-state index contributed by atoms with van der Waals surface area (Å²) in [6.07, 6.45) is 7.30. The van der Waals surface area contributed by atoms with Crippen LogP contribution in [0.1, 0.15) is 45.3 Å². The molecule has 2 rings (SSSR count). The van der Waals surface area contributed by atoms with Crippen LogP contribution in [0.25, 0.3) is 0 Å². The highest BCUT2D eigenvalue weighted by Gasteiger charge is 2.22. The zero-order chi connectivity index (χ0) is 18.5. The van der Waals surface area contributed by atoms with Crippen molar-refractivity contribution >= 4 is 5.96 Å². The second-order valence-electron chi connectivity index (χ2n) is 6.70. The summed E-state index contributed by atoms with van der Waals surface area (Å²) in [6, 6.07) is 4.53. The number of ether oxygens (including phenoxy) is 1. The first-order chi connectivity index (χ1) is 12.8. The van der Waals surface area contributed by atoms with Gasteiger partial charge in [0.1, 0.15) is 5.76 Å². The number of nitrogens with zero attached hydrogens (tertiary/aromatic N) is 2. The number of likely N-dealkylation sites (N-methyl/N-ethyl adjacent to an activating group) is 1. The van der Waals surface area contributed by atoms with Crippen molar-refractivity contribution in [3.63, 3.8) is 0 Å². The van der Waals surface area contributed by atoms with Gasteiger partial charge in [-0.2, -0.15) is 0 Å². The van der Waals surface area contributed by atoms with Gasteiger partial charge in [-0.3, -0.25) is 9.89 Å². The second-order valence-corrected chi connectivity index (χ2v) is 6.70. The molecular formula is C20H36N4O2. The Morgan fingerprint density at radius 1 is 1.31 bits per heavy atom. The predicted octanol–water partition coefficient (Wildman–Crippen LogP) is 2.66. The first-order valence-corrected chi connectivity index (χ1v) is 10.2. The highest BCUT2D eigenvalue weighted by atomic mass is 16.5. The Bertz CT molecular complexity index is 490. The van der Waals surface area contributed by atoms with Crippen molar-refractivity contribution in [2.75, 3.05) is 45.9 Å². The highest BCUT2D eigenvalue weighted by Crippen LogP contribution is 2.16. The summed E-state index contributed by atoms with van der Waals surface area (Å²) in [5, 5.41) is 6.91. The predicted molar refractivity (Wildman–Crippen MR) is 107 cm³/mol. The molecule has 0 aromatic carbocycles. The maximum atomic E-state index is 5.40. The molecule has 0 spiro atoms. The molecule has 26 heavy (non-hydrogen) atoms. The summed E-state index contributed by atoms with van der Waals surface area (Å²) in [5.74, 6) is 1.91. The quantitative estimate of drug-likeness (QED) is 0.339. The van der Waals surface area contributed by atoms with Gasteiger partial charge in [0.05, 0.1) is 12.8 Å². The monoisotopic (exact) mass is 364 g/mol. The molecule has 1 aliphatic heterocycles. The molecule has 6 heteroatoms. The Morgan fingerprint density at radius 2 is 2.19 bits per heavy atom. The third-order valence-electron chi connectivity index (χ3n) is 4.82. The van der Waals surface area contributed by atoms with Gasteiger partial charge in [-0.1, -0.05) is 6.92 Å². The SMILES string of the molecule is CCOCCCCNC(=NCC1CCCN1CC)NCCc1ccco1. The van der Waals surface area contributed by atoms with Gasteiger partial charge in [-0.15, -0.1) is 0 Å². The zero-order valence-corrected chi connectivity index (χ0v) is 16.5. The number of likely N-dealkylation sites (tertiary alicyclic amines) is 1. The van der Waals surface area contributed by atoms with Gasteiger partial charge in [0.15, 0.2) is 5.96 Å². The third-order valence-corrected chi connectivity index (χ3v) is 4.82. The molecular weight excluding hydrogens is 328 g/mol. The van der Waals surface area contributed by atoms with Crippen molar-refractivity contribution < 1.29 is 9.15 Å². The fourth-order valence-electron chi connectivity index (χ4n) is 3.33. The Labute approximate surface area is 158 Å². The molecule has 1 fully saturated rings. The largest absolute Gasteiger partial charge is 0.469 e. The van der Waals surface area contributed by atoms with Crippen LogP contribution in [0.5, 0.6) is 0 Å². The molecule has 2 heterocycles. The van der Waals surface area contributed by atoms with Crippen molar-refractivity contribution in [1.29, 1.82) is 0 Å². The van der Waals surface area contributed by atoms with E-state index in [2.05, 4.69) is 22.5 Å². The molecule has 1 unspecified atom stereocenters. The van der Waals surface area contributed by atoms with Crippen LogP contribution in [0, 0.1) is 0 Å². The summed E-state index contributed by atoms with van der Waals surface area (Å²) in [6.45, 7) is 10.8. The van der Waals surface area contributed by atoms with E-state index in [9.17, 15) is 0 Å². The van der Waals surface area contributed by atoms with E-state index in [0.717, 1.165) is 70.4 Å². The maximum absolute atomic E-state index is 5.40. The van der Waals surface area contributed by atoms with Gasteiger partial charge in [-0.05, 0) is 57.8 Å². The number of guanidine groups is 1. The first kappa shape index (κ1) is 20.8. The minimum atomic E-state index is 0.585. The maximum Gasteiger partial charge on any atom is 0.191 e. The normalized spacial score (nSPS) is 18.4. The lowest BCUT2D eigenvalue weighted by atomic mass is 10.2. The van der Waals surface area contributed by atoms with Crippen molar-refractivity contribution in [2.45, 2.75) is 52.0 Å². The van der Waals surface area contributed by atoms with Gasteiger partial charge in [0.2, 0.25) is 0 Å². The van der Waals surface area contributed by atoms with Crippen LogP contribution in [0.2, 0.25) is 0 Å². The van der Waals surface area contributed by atoms with Crippen LogP contribution in [0.4, 0.5) is 0 Å². The van der Waals surface area contributed by atoms with E-state index in [-0.39, 0.29) is 0 Å². The Hall–Kier alpha value is -1.53. The van der Waals surface area contributed by atoms with Gasteiger partial charge < -0.3 is 19.8 Å². The van der Waals surface area contributed by atoms with Crippen LogP contribution < -0.4 is 10.6 Å². The van der Waals surface area contributed by atoms with E-state index >= 15 is 0 Å². The topological polar surface area (TPSA) is 62.0 Å². The molecule has 1 aromatic heterocycles. The molecule has 1 aliphatic rings. The molecule has 0 amide bonds. The van der Waals surface area contributed by atoms with Crippen LogP contribution in [0.3, 0.4) is 0 Å². The highest BCUT2D eigenvalue weighted by molar-refractivity contribution is 5.79. The van der Waals surface area contributed by atoms with Crippen LogP contribution in [-0.2, 0) is 11.2 Å². The van der Waals surface area contributed by atoms with Crippen LogP contribution >= 0.6 is 0 Å². The standard InChI is InChI=1S/C20H36N4O2/c1-3-24-14-7-9-18(24)17-23-20(21-12-5-6-15-25-4-2)22-13-11-19-10-8-16-26-19/h8,10,16,18H,3-7,9,11-15,17H2,1-2H3,(H2,21,22,23). The number of unbranched alkanes of at least 4 members (excludes halogenated alkanes) is 1. The number of hydrogen-bond acceptors (Lipinski definition) is 4. The smallest absolute Gasteiger partial charge is 0.191 e. The van der Waals surface area contributed by atoms with E-state index in [0.29, 0.717) is 6.04 Å². The average Bonchev–Trinajstić information content (AvgIpc) is 3.33. The lowest BCUT2D eigenvalue weighted by Gasteiger charge is -2.21. The molecule has 6 nitrogen and oxygen atoms in total. The van der Waals surface area contributed by atoms with Gasteiger partial charge in [0, 0.05) is 38.8 Å². The summed E-state index contributed by atoms with van der Waals surface area (Å²) in [4.78, 5) is 7.38. The first-order valence-electron chi connectivity index (χ1n) is 10.2. The Morgan fingerprint density at radius 3 is 2.96 bits per heavy atom. The van der Waals surface area contributed by atoms with Gasteiger partial charge in [-0.25, -0.2) is 0 Å². The average molecular weight is 365 g/mol. The lowest BCUT2D eigenvalue weighted by molar-refractivity contribution is 0.143. The van der Waals surface area contributed by atoms with Gasteiger partial charge in [0.25, 0.3) is 0 Å². The Balaban J connectivity index is 1.76. The zero-order valence-electron chi connectivity index (χ0n) is 16.5. The second kappa shape index (κ2) is 12.8. The van der Waals surface area contributed by atoms with E-state index in [1.165, 1.54) is 19.4 Å². The molecule has 1 saturated heterocycles. The summed E-state index contributed by atoms with van der Waals surface area (Å²) >= 11 is 0. The fourth-order valence-corrected chi connectivity index (χ4v) is 3.33. The summed E-state index contributed by atoms with van der Waals surface area (Å²) < 4.78 is 10.8. The number of aliphatic imine (C=N–C) groups is 1. The number of nitrogens with one attached hydrogen (secondary N) is 2. The minimum Gasteiger partial charge on any atom is -0.469 e. The molecule has 0 bridgehead atoms. The third kappa shape index (κ3) is 7.79. The van der Waals surface area contributed by atoms with Crippen molar-refractivity contribution in [2.24, 2.45) is 4.99 Å². The van der Waals surface area contributed by atoms with Crippen molar-refractivity contribution in [1.82, 2.24) is 15.5 Å². The molecule has 0 radical (unpaired) electrons. The lowest BCUT2D eigenvalue weighted by Crippen LogP contribution is -2.40. The Kier molecular flexibility index (Phi) is 10.2. The summed E-state index contributed by atoms with van der Waals surface area (Å²) in [5.41, 5.74) is 0. The van der Waals surface area contributed by atoms with Crippen LogP contribution in [-0.4, -0.2) is 62.8 Å². The molecule has 0 aliphatic carbocycles. The molecule has 0 saturated carbocycles. The van der Waals surface area contributed by atoms with Crippen molar-refractivity contribution in [3.05, 3.63) is 24.2 Å². The van der Waals surface area contributed by atoms with Crippen molar-refractivity contribution in [3.8, 4) is 0 Å². The number of furan rings is 1. The summed E-state index contributed by atoms with van der Waals surface area (Å²) in [7, 11) is 0. The molecule has 1 atom stereocenters. The van der Waals surface area contributed by atoms with E-state index < -0.39 is 0 Å². The van der Waals surface area contributed by atoms with E-state index in [1.54, 1.807) is 6.26 Å². The van der Waals surface area contributed by atoms with E-state index in [4.69, 9.17) is 14.1 Å². The fraction of sp³-hybridized carbons (Fsp3) is 0.750. The number of rotatable bonds is 12.